The molecule has 9 heteroatoms. The number of rotatable bonds is 5. The number of nitrogens with one attached hydrogen (secondary N) is 2. The van der Waals surface area contributed by atoms with Crippen LogP contribution in [-0.2, 0) is 9.53 Å². The second-order valence-electron chi connectivity index (χ2n) is 6.30. The van der Waals surface area contributed by atoms with Crippen LogP contribution < -0.4 is 10.6 Å². The number of hydrogen-bond donors (Lipinski definition) is 2. The number of amides is 1. The molecule has 0 bridgehead atoms. The van der Waals surface area contributed by atoms with Crippen molar-refractivity contribution in [2.75, 3.05) is 12.4 Å². The Morgan fingerprint density at radius 2 is 2.17 bits per heavy atom. The van der Waals surface area contributed by atoms with E-state index in [1.165, 1.54) is 24.9 Å². The van der Waals surface area contributed by atoms with Gasteiger partial charge in [0.1, 0.15) is 23.5 Å². The molecule has 1 aromatic heterocycles. The topological polar surface area (TPSA) is 85.2 Å². The normalized spacial score (nSPS) is 24.0. The van der Waals surface area contributed by atoms with Gasteiger partial charge >= 0.3 is 5.97 Å². The van der Waals surface area contributed by atoms with Crippen molar-refractivity contribution in [1.82, 2.24) is 15.1 Å². The molecule has 2 aliphatic rings. The lowest BCUT2D eigenvalue weighted by molar-refractivity contribution is -0.142. The molecule has 132 valence electrons. The Balaban J connectivity index is 1.83. The van der Waals surface area contributed by atoms with Crippen LogP contribution >= 0.6 is 0 Å². The average Bonchev–Trinajstić information content (AvgIpc) is 3.32. The van der Waals surface area contributed by atoms with Crippen molar-refractivity contribution in [1.29, 1.82) is 0 Å². The molecule has 1 aromatic rings. The van der Waals surface area contributed by atoms with Crippen molar-refractivity contribution in [2.45, 2.75) is 50.7 Å². The van der Waals surface area contributed by atoms with E-state index in [0.717, 1.165) is 12.8 Å². The molecule has 1 fully saturated rings. The van der Waals surface area contributed by atoms with Crippen LogP contribution in [-0.4, -0.2) is 47.3 Å². The highest BCUT2D eigenvalue weighted by molar-refractivity contribution is 6.00. The minimum Gasteiger partial charge on any atom is -0.467 e. The minimum absolute atomic E-state index is 0.0854. The highest BCUT2D eigenvalue weighted by Gasteiger charge is 2.41. The van der Waals surface area contributed by atoms with Crippen LogP contribution in [0.2, 0.25) is 0 Å². The lowest BCUT2D eigenvalue weighted by atomic mass is 10.00. The summed E-state index contributed by atoms with van der Waals surface area (Å²) in [5.41, 5.74) is 0.154. The number of alkyl halides is 2. The first kappa shape index (κ1) is 16.7. The summed E-state index contributed by atoms with van der Waals surface area (Å²) in [6, 6.07) is -1.98. The van der Waals surface area contributed by atoms with Crippen molar-refractivity contribution < 1.29 is 23.1 Å². The first-order valence-electron chi connectivity index (χ1n) is 7.93. The van der Waals surface area contributed by atoms with Crippen molar-refractivity contribution in [3.8, 4) is 0 Å². The van der Waals surface area contributed by atoms with E-state index in [1.54, 1.807) is 0 Å². The van der Waals surface area contributed by atoms with Gasteiger partial charge in [0.25, 0.3) is 12.3 Å². The van der Waals surface area contributed by atoms with E-state index >= 15 is 0 Å². The Morgan fingerprint density at radius 3 is 2.75 bits per heavy atom. The zero-order valence-corrected chi connectivity index (χ0v) is 13.5. The average molecular weight is 342 g/mol. The van der Waals surface area contributed by atoms with Crippen LogP contribution in [0.1, 0.15) is 42.6 Å². The largest absolute Gasteiger partial charge is 0.467 e. The van der Waals surface area contributed by atoms with Gasteiger partial charge in [0, 0.05) is 6.04 Å². The quantitative estimate of drug-likeness (QED) is 0.794. The van der Waals surface area contributed by atoms with Gasteiger partial charge in [0.05, 0.1) is 13.3 Å². The molecular formula is C15H20F2N4O3. The third-order valence-electron chi connectivity index (χ3n) is 4.56. The van der Waals surface area contributed by atoms with E-state index in [4.69, 9.17) is 0 Å². The van der Waals surface area contributed by atoms with Gasteiger partial charge in [-0.05, 0) is 32.1 Å². The van der Waals surface area contributed by atoms with Gasteiger partial charge in [0.15, 0.2) is 0 Å². The minimum atomic E-state index is -2.56. The molecule has 0 radical (unpaired) electrons. The number of carbonyl (C=O) groups is 2. The maximum absolute atomic E-state index is 13.4. The summed E-state index contributed by atoms with van der Waals surface area (Å²) in [5.74, 6) is -0.484. The van der Waals surface area contributed by atoms with Crippen LogP contribution in [0.3, 0.4) is 0 Å². The Labute approximate surface area is 137 Å². The number of halogens is 2. The molecule has 0 saturated heterocycles. The summed E-state index contributed by atoms with van der Waals surface area (Å²) >= 11 is 0. The number of anilines is 1. The number of ether oxygens (including phenoxy) is 1. The molecular weight excluding hydrogens is 322 g/mol. The molecule has 24 heavy (non-hydrogen) atoms. The van der Waals surface area contributed by atoms with E-state index in [9.17, 15) is 18.4 Å². The summed E-state index contributed by atoms with van der Waals surface area (Å²) in [7, 11) is 1.22. The monoisotopic (exact) mass is 342 g/mol. The maximum atomic E-state index is 13.4. The predicted molar refractivity (Wildman–Crippen MR) is 81.0 cm³/mol. The number of methoxy groups -OCH3 is 1. The lowest BCUT2D eigenvalue weighted by Crippen LogP contribution is -2.40. The number of carbonyl (C=O) groups excluding carboxylic acids is 2. The number of fused-ring (bicyclic) bond motifs is 1. The van der Waals surface area contributed by atoms with Crippen molar-refractivity contribution in [2.24, 2.45) is 5.92 Å². The second kappa shape index (κ2) is 6.37. The van der Waals surface area contributed by atoms with E-state index in [-0.39, 0.29) is 23.8 Å². The second-order valence-corrected chi connectivity index (χ2v) is 6.30. The van der Waals surface area contributed by atoms with Gasteiger partial charge in [-0.2, -0.15) is 5.10 Å². The Kier molecular flexibility index (Phi) is 4.42. The maximum Gasteiger partial charge on any atom is 0.328 e. The van der Waals surface area contributed by atoms with E-state index in [2.05, 4.69) is 20.5 Å². The predicted octanol–water partition coefficient (Wildman–Crippen LogP) is 1.57. The molecule has 0 aromatic carbocycles. The van der Waals surface area contributed by atoms with Crippen LogP contribution in [0.15, 0.2) is 6.20 Å². The highest BCUT2D eigenvalue weighted by Crippen LogP contribution is 2.42. The third-order valence-corrected chi connectivity index (χ3v) is 4.56. The van der Waals surface area contributed by atoms with Gasteiger partial charge in [-0.3, -0.25) is 4.79 Å². The fourth-order valence-electron chi connectivity index (χ4n) is 3.05. The molecule has 1 saturated carbocycles. The van der Waals surface area contributed by atoms with Gasteiger partial charge in [-0.15, -0.1) is 0 Å². The molecule has 1 amide bonds. The van der Waals surface area contributed by atoms with Crippen LogP contribution in [0, 0.1) is 5.92 Å². The van der Waals surface area contributed by atoms with Gasteiger partial charge in [-0.1, -0.05) is 0 Å². The number of nitrogens with zero attached hydrogens (tertiary/aromatic N) is 2. The SMILES string of the molecule is COC(=O)[C@H](C)NC(=O)c1cnn2c1N[C@@H](C1CC1)C[C@H]2C(F)F. The van der Waals surface area contributed by atoms with Crippen molar-refractivity contribution >= 4 is 17.7 Å². The first-order chi connectivity index (χ1) is 11.4. The van der Waals surface area contributed by atoms with Crippen molar-refractivity contribution in [3.05, 3.63) is 11.8 Å². The van der Waals surface area contributed by atoms with Gasteiger partial charge in [-0.25, -0.2) is 18.3 Å². The van der Waals surface area contributed by atoms with E-state index < -0.39 is 30.4 Å². The zero-order chi connectivity index (χ0) is 17.4. The Bertz CT molecular complexity index is 645. The summed E-state index contributed by atoms with van der Waals surface area (Å²) in [6.45, 7) is 1.49. The number of hydrogen-bond acceptors (Lipinski definition) is 5. The Morgan fingerprint density at radius 1 is 1.46 bits per heavy atom. The fourth-order valence-corrected chi connectivity index (χ4v) is 3.05. The molecule has 2 heterocycles. The molecule has 0 spiro atoms. The third kappa shape index (κ3) is 3.07. The van der Waals surface area contributed by atoms with Gasteiger partial charge < -0.3 is 15.4 Å². The molecule has 2 N–H and O–H groups in total. The molecule has 1 aliphatic carbocycles. The molecule has 1 aliphatic heterocycles. The van der Waals surface area contributed by atoms with Crippen LogP contribution in [0.4, 0.5) is 14.6 Å². The summed E-state index contributed by atoms with van der Waals surface area (Å²) in [4.78, 5) is 23.8. The number of aromatic nitrogens is 2. The van der Waals surface area contributed by atoms with Crippen LogP contribution in [0.5, 0.6) is 0 Å². The standard InChI is InChI=1S/C15H20F2N4O3/c1-7(15(23)24-2)19-14(22)9-6-18-21-11(12(16)17)5-10(8-3-4-8)20-13(9)21/h6-8,10-12,20H,3-5H2,1-2H3,(H,19,22)/t7-,10+,11-/m0/s1. The molecule has 3 atom stereocenters. The van der Waals surface area contributed by atoms with Crippen LogP contribution in [0.25, 0.3) is 0 Å². The first-order valence-corrected chi connectivity index (χ1v) is 7.93. The molecule has 3 rings (SSSR count). The summed E-state index contributed by atoms with van der Waals surface area (Å²) < 4.78 is 32.5. The summed E-state index contributed by atoms with van der Waals surface area (Å²) in [6.07, 6.45) is 0.991. The Hall–Kier alpha value is -2.19. The highest BCUT2D eigenvalue weighted by atomic mass is 19.3. The van der Waals surface area contributed by atoms with E-state index in [0.29, 0.717) is 5.92 Å². The zero-order valence-electron chi connectivity index (χ0n) is 13.5. The summed E-state index contributed by atoms with van der Waals surface area (Å²) in [5, 5.41) is 9.64. The lowest BCUT2D eigenvalue weighted by Gasteiger charge is -2.32. The fraction of sp³-hybridized carbons (Fsp3) is 0.667. The smallest absolute Gasteiger partial charge is 0.328 e. The van der Waals surface area contributed by atoms with Crippen molar-refractivity contribution in [3.63, 3.8) is 0 Å². The number of esters is 1. The van der Waals surface area contributed by atoms with Gasteiger partial charge in [0.2, 0.25) is 0 Å². The molecule has 7 nitrogen and oxygen atoms in total. The van der Waals surface area contributed by atoms with E-state index in [1.807, 2.05) is 0 Å². The molecule has 0 unspecified atom stereocenters.